The maximum Gasteiger partial charge on any atom is 0.0640 e. The summed E-state index contributed by atoms with van der Waals surface area (Å²) in [6.07, 6.45) is 8.37. The summed E-state index contributed by atoms with van der Waals surface area (Å²) in [7, 11) is 0. The van der Waals surface area contributed by atoms with Gasteiger partial charge in [-0.3, -0.25) is 0 Å². The predicted molar refractivity (Wildman–Crippen MR) is 75.9 cm³/mol. The molecular weight excluding hydrogens is 230 g/mol. The fourth-order valence-corrected chi connectivity index (χ4v) is 2.96. The van der Waals surface area contributed by atoms with Gasteiger partial charge in [0.1, 0.15) is 0 Å². The van der Waals surface area contributed by atoms with Crippen LogP contribution in [0, 0.1) is 12.8 Å². The third-order valence-electron chi connectivity index (χ3n) is 3.76. The van der Waals surface area contributed by atoms with Crippen molar-refractivity contribution in [2.45, 2.75) is 45.4 Å². The maximum absolute atomic E-state index is 6.22. The van der Waals surface area contributed by atoms with Crippen molar-refractivity contribution in [2.24, 2.45) is 5.92 Å². The van der Waals surface area contributed by atoms with Crippen LogP contribution < -0.4 is 5.32 Å². The summed E-state index contributed by atoms with van der Waals surface area (Å²) in [6.45, 7) is 3.19. The molecule has 0 spiro atoms. The lowest BCUT2D eigenvalue weighted by molar-refractivity contribution is 0.483. The van der Waals surface area contributed by atoms with Gasteiger partial charge in [-0.25, -0.2) is 0 Å². The van der Waals surface area contributed by atoms with Gasteiger partial charge in [0.25, 0.3) is 0 Å². The van der Waals surface area contributed by atoms with Crippen molar-refractivity contribution in [2.75, 3.05) is 11.9 Å². The SMILES string of the molecule is Cc1cccc(Cl)c1NCC1CCCCCC1. The van der Waals surface area contributed by atoms with Gasteiger partial charge in [-0.05, 0) is 37.3 Å². The Balaban J connectivity index is 1.92. The Labute approximate surface area is 110 Å². The molecule has 1 nitrogen and oxygen atoms in total. The van der Waals surface area contributed by atoms with Crippen LogP contribution >= 0.6 is 11.6 Å². The molecule has 1 aliphatic rings. The van der Waals surface area contributed by atoms with Crippen LogP contribution in [-0.2, 0) is 0 Å². The van der Waals surface area contributed by atoms with Gasteiger partial charge in [0.2, 0.25) is 0 Å². The lowest BCUT2D eigenvalue weighted by Gasteiger charge is -2.17. The summed E-state index contributed by atoms with van der Waals surface area (Å²) in [5, 5.41) is 4.39. The standard InChI is InChI=1S/C15H22ClN/c1-12-7-6-10-14(16)15(12)17-11-13-8-4-2-3-5-9-13/h6-7,10,13,17H,2-5,8-9,11H2,1H3. The first-order valence-corrected chi connectivity index (χ1v) is 7.14. The van der Waals surface area contributed by atoms with Crippen LogP contribution in [-0.4, -0.2) is 6.54 Å². The molecule has 0 amide bonds. The highest BCUT2D eigenvalue weighted by molar-refractivity contribution is 6.33. The van der Waals surface area contributed by atoms with E-state index in [0.717, 1.165) is 23.2 Å². The number of anilines is 1. The third-order valence-corrected chi connectivity index (χ3v) is 4.08. The van der Waals surface area contributed by atoms with E-state index in [2.05, 4.69) is 18.3 Å². The van der Waals surface area contributed by atoms with Crippen molar-refractivity contribution >= 4 is 17.3 Å². The van der Waals surface area contributed by atoms with Crippen molar-refractivity contribution in [1.29, 1.82) is 0 Å². The number of nitrogens with one attached hydrogen (secondary N) is 1. The summed E-state index contributed by atoms with van der Waals surface area (Å²) in [5.74, 6) is 0.827. The second-order valence-corrected chi connectivity index (χ2v) is 5.58. The first-order valence-electron chi connectivity index (χ1n) is 6.76. The second kappa shape index (κ2) is 6.30. The Morgan fingerprint density at radius 2 is 1.88 bits per heavy atom. The Kier molecular flexibility index (Phi) is 4.73. The van der Waals surface area contributed by atoms with E-state index in [4.69, 9.17) is 11.6 Å². The Morgan fingerprint density at radius 1 is 1.18 bits per heavy atom. The Bertz CT molecular complexity index is 334. The molecule has 1 N–H and O–H groups in total. The lowest BCUT2D eigenvalue weighted by atomic mass is 10.0. The number of aryl methyl sites for hydroxylation is 1. The smallest absolute Gasteiger partial charge is 0.0640 e. The van der Waals surface area contributed by atoms with Crippen LogP contribution in [0.4, 0.5) is 5.69 Å². The molecule has 0 atom stereocenters. The summed E-state index contributed by atoms with van der Waals surface area (Å²) in [5.41, 5.74) is 2.37. The van der Waals surface area contributed by atoms with E-state index in [0.29, 0.717) is 0 Å². The molecule has 0 bridgehead atoms. The molecule has 2 rings (SSSR count). The highest BCUT2D eigenvalue weighted by Crippen LogP contribution is 2.27. The zero-order chi connectivity index (χ0) is 12.1. The molecule has 1 aromatic carbocycles. The predicted octanol–water partition coefficient (Wildman–Crippen LogP) is 5.03. The highest BCUT2D eigenvalue weighted by atomic mass is 35.5. The van der Waals surface area contributed by atoms with Crippen LogP contribution in [0.15, 0.2) is 18.2 Å². The molecule has 1 aromatic rings. The summed E-state index contributed by atoms with van der Waals surface area (Å²) < 4.78 is 0. The summed E-state index contributed by atoms with van der Waals surface area (Å²) >= 11 is 6.22. The monoisotopic (exact) mass is 251 g/mol. The molecule has 17 heavy (non-hydrogen) atoms. The van der Waals surface area contributed by atoms with E-state index in [1.54, 1.807) is 0 Å². The topological polar surface area (TPSA) is 12.0 Å². The van der Waals surface area contributed by atoms with Crippen LogP contribution in [0.1, 0.15) is 44.1 Å². The van der Waals surface area contributed by atoms with Gasteiger partial charge in [0.05, 0.1) is 10.7 Å². The summed E-state index contributed by atoms with van der Waals surface area (Å²) in [4.78, 5) is 0. The van der Waals surface area contributed by atoms with Gasteiger partial charge in [0.15, 0.2) is 0 Å². The van der Waals surface area contributed by atoms with Gasteiger partial charge in [-0.15, -0.1) is 0 Å². The van der Waals surface area contributed by atoms with Gasteiger partial charge in [0, 0.05) is 6.54 Å². The van der Waals surface area contributed by atoms with E-state index in [1.165, 1.54) is 44.1 Å². The van der Waals surface area contributed by atoms with Gasteiger partial charge in [-0.2, -0.15) is 0 Å². The van der Waals surface area contributed by atoms with E-state index >= 15 is 0 Å². The molecule has 1 aliphatic carbocycles. The van der Waals surface area contributed by atoms with E-state index in [-0.39, 0.29) is 0 Å². The average Bonchev–Trinajstić information content (AvgIpc) is 2.57. The molecule has 2 heteroatoms. The lowest BCUT2D eigenvalue weighted by Crippen LogP contribution is -2.14. The fourth-order valence-electron chi connectivity index (χ4n) is 2.67. The minimum atomic E-state index is 0.827. The van der Waals surface area contributed by atoms with Crippen molar-refractivity contribution in [3.63, 3.8) is 0 Å². The number of rotatable bonds is 3. The third kappa shape index (κ3) is 3.64. The van der Waals surface area contributed by atoms with Crippen LogP contribution in [0.3, 0.4) is 0 Å². The van der Waals surface area contributed by atoms with E-state index in [9.17, 15) is 0 Å². The average molecular weight is 252 g/mol. The van der Waals surface area contributed by atoms with Gasteiger partial charge >= 0.3 is 0 Å². The molecule has 0 unspecified atom stereocenters. The highest BCUT2D eigenvalue weighted by Gasteiger charge is 2.12. The normalized spacial score (nSPS) is 17.8. The van der Waals surface area contributed by atoms with Gasteiger partial charge < -0.3 is 5.32 Å². The number of benzene rings is 1. The molecule has 0 heterocycles. The molecule has 0 radical (unpaired) electrons. The number of hydrogen-bond acceptors (Lipinski definition) is 1. The molecule has 1 fully saturated rings. The van der Waals surface area contributed by atoms with E-state index < -0.39 is 0 Å². The molecular formula is C15H22ClN. The van der Waals surface area contributed by atoms with Crippen molar-refractivity contribution in [3.8, 4) is 0 Å². The molecule has 94 valence electrons. The van der Waals surface area contributed by atoms with Crippen LogP contribution in [0.2, 0.25) is 5.02 Å². The number of hydrogen-bond donors (Lipinski definition) is 1. The summed E-state index contributed by atoms with van der Waals surface area (Å²) in [6, 6.07) is 6.08. The Morgan fingerprint density at radius 3 is 2.53 bits per heavy atom. The number of halogens is 1. The molecule has 0 aromatic heterocycles. The van der Waals surface area contributed by atoms with Crippen LogP contribution in [0.5, 0.6) is 0 Å². The second-order valence-electron chi connectivity index (χ2n) is 5.17. The van der Waals surface area contributed by atoms with Crippen LogP contribution in [0.25, 0.3) is 0 Å². The van der Waals surface area contributed by atoms with Gasteiger partial charge in [-0.1, -0.05) is 49.4 Å². The fraction of sp³-hybridized carbons (Fsp3) is 0.600. The maximum atomic E-state index is 6.22. The molecule has 1 saturated carbocycles. The van der Waals surface area contributed by atoms with Crippen molar-refractivity contribution in [1.82, 2.24) is 0 Å². The first kappa shape index (κ1) is 12.8. The quantitative estimate of drug-likeness (QED) is 0.743. The minimum absolute atomic E-state index is 0.827. The zero-order valence-electron chi connectivity index (χ0n) is 10.6. The number of para-hydroxylation sites is 1. The molecule has 0 saturated heterocycles. The van der Waals surface area contributed by atoms with Crippen molar-refractivity contribution < 1.29 is 0 Å². The molecule has 0 aliphatic heterocycles. The Hall–Kier alpha value is -0.690. The van der Waals surface area contributed by atoms with Crippen molar-refractivity contribution in [3.05, 3.63) is 28.8 Å². The first-order chi connectivity index (χ1) is 8.27. The zero-order valence-corrected chi connectivity index (χ0v) is 11.4. The van der Waals surface area contributed by atoms with E-state index in [1.807, 2.05) is 12.1 Å². The largest absolute Gasteiger partial charge is 0.383 e. The minimum Gasteiger partial charge on any atom is -0.383 e.